The zero-order valence-electron chi connectivity index (χ0n) is 11.8. The summed E-state index contributed by atoms with van der Waals surface area (Å²) in [5.74, 6) is 0.832. The Kier molecular flexibility index (Phi) is 4.42. The van der Waals surface area contributed by atoms with E-state index in [9.17, 15) is 5.21 Å². The summed E-state index contributed by atoms with van der Waals surface area (Å²) in [4.78, 5) is 8.05. The number of fused-ring (bicyclic) bond motifs is 2. The Morgan fingerprint density at radius 1 is 1.23 bits per heavy atom. The number of para-hydroxylation sites is 1. The van der Waals surface area contributed by atoms with Crippen LogP contribution in [0.1, 0.15) is 0 Å². The van der Waals surface area contributed by atoms with Crippen LogP contribution in [0.15, 0.2) is 51.7 Å². The van der Waals surface area contributed by atoms with Crippen molar-refractivity contribution in [3.63, 3.8) is 0 Å². The van der Waals surface area contributed by atoms with Crippen LogP contribution in [-0.2, 0) is 0 Å². The van der Waals surface area contributed by atoms with Gasteiger partial charge in [0.05, 0.1) is 5.69 Å². The standard InChI is InChI=1S/C14H15N5OS.BrH/c20-19-10-9-18-13(17-7-5-15-6-8-17)16-11-3-1-2-4-12(11)21-14(18)19;/h1-4,9-10,15H,5-8H2;1H. The van der Waals surface area contributed by atoms with Crippen molar-refractivity contribution in [1.82, 2.24) is 14.8 Å². The third-order valence-electron chi connectivity index (χ3n) is 3.65. The zero-order valence-corrected chi connectivity index (χ0v) is 14.3. The van der Waals surface area contributed by atoms with Crippen LogP contribution in [0, 0.1) is 5.21 Å². The predicted molar refractivity (Wildman–Crippen MR) is 91.2 cm³/mol. The molecule has 2 aliphatic heterocycles. The van der Waals surface area contributed by atoms with E-state index >= 15 is 0 Å². The maximum atomic E-state index is 12.0. The summed E-state index contributed by atoms with van der Waals surface area (Å²) in [6.07, 6.45) is 3.33. The van der Waals surface area contributed by atoms with E-state index in [-0.39, 0.29) is 17.0 Å². The van der Waals surface area contributed by atoms with Crippen LogP contribution in [0.3, 0.4) is 0 Å². The minimum atomic E-state index is 0. The minimum absolute atomic E-state index is 0. The van der Waals surface area contributed by atoms with Gasteiger partial charge in [0.25, 0.3) is 0 Å². The van der Waals surface area contributed by atoms with Gasteiger partial charge in [-0.3, -0.25) is 0 Å². The fourth-order valence-corrected chi connectivity index (χ4v) is 3.54. The van der Waals surface area contributed by atoms with Crippen molar-refractivity contribution < 1.29 is 4.73 Å². The van der Waals surface area contributed by atoms with E-state index in [1.54, 1.807) is 6.20 Å². The van der Waals surface area contributed by atoms with Gasteiger partial charge < -0.3 is 15.4 Å². The number of imidazole rings is 1. The van der Waals surface area contributed by atoms with Crippen LogP contribution in [0.2, 0.25) is 0 Å². The first-order chi connectivity index (χ1) is 10.3. The van der Waals surface area contributed by atoms with E-state index in [4.69, 9.17) is 4.99 Å². The van der Waals surface area contributed by atoms with Crippen molar-refractivity contribution in [3.8, 4) is 0 Å². The molecule has 0 aliphatic carbocycles. The van der Waals surface area contributed by atoms with E-state index in [1.807, 2.05) is 28.8 Å². The van der Waals surface area contributed by atoms with E-state index in [1.165, 1.54) is 18.0 Å². The van der Waals surface area contributed by atoms with E-state index < -0.39 is 0 Å². The smallest absolute Gasteiger partial charge is 0.333 e. The van der Waals surface area contributed by atoms with Gasteiger partial charge >= 0.3 is 11.1 Å². The lowest BCUT2D eigenvalue weighted by Crippen LogP contribution is -2.48. The Hall–Kier alpha value is -1.51. The molecule has 1 aromatic carbocycles. The topological polar surface area (TPSA) is 59.5 Å². The van der Waals surface area contributed by atoms with Gasteiger partial charge in [0.15, 0.2) is 0 Å². The number of aliphatic imine (C=N–C) groups is 1. The number of halogens is 1. The predicted octanol–water partition coefficient (Wildman–Crippen LogP) is 1.60. The molecule has 4 rings (SSSR count). The van der Waals surface area contributed by atoms with Crippen molar-refractivity contribution in [3.05, 3.63) is 41.9 Å². The lowest BCUT2D eigenvalue weighted by atomic mass is 10.3. The van der Waals surface area contributed by atoms with Gasteiger partial charge in [-0.1, -0.05) is 12.1 Å². The molecule has 0 radical (unpaired) electrons. The quantitative estimate of drug-likeness (QED) is 0.556. The average molecular weight is 382 g/mol. The molecule has 0 atom stereocenters. The van der Waals surface area contributed by atoms with Crippen LogP contribution in [0.25, 0.3) is 0 Å². The molecule has 2 aliphatic rings. The molecule has 2 aromatic rings. The Morgan fingerprint density at radius 2 is 2.00 bits per heavy atom. The summed E-state index contributed by atoms with van der Waals surface area (Å²) in [5, 5.41) is 16.0. The SMILES string of the molecule is Br.[O-][n+]1ccn2c1Sc1ccccc1N=C2N1CCNCC1. The second-order valence-corrected chi connectivity index (χ2v) is 6.00. The van der Waals surface area contributed by atoms with Crippen molar-refractivity contribution >= 4 is 40.4 Å². The fourth-order valence-electron chi connectivity index (χ4n) is 2.59. The summed E-state index contributed by atoms with van der Waals surface area (Å²) in [7, 11) is 0. The van der Waals surface area contributed by atoms with Gasteiger partial charge in [-0.2, -0.15) is 9.56 Å². The highest BCUT2D eigenvalue weighted by Gasteiger charge is 2.29. The van der Waals surface area contributed by atoms with Crippen LogP contribution >= 0.6 is 28.7 Å². The van der Waals surface area contributed by atoms with E-state index in [0.29, 0.717) is 5.16 Å². The number of rotatable bonds is 0. The molecule has 0 unspecified atom stereocenters. The molecule has 22 heavy (non-hydrogen) atoms. The van der Waals surface area contributed by atoms with Gasteiger partial charge in [-0.15, -0.1) is 17.0 Å². The lowest BCUT2D eigenvalue weighted by molar-refractivity contribution is -0.645. The maximum Gasteiger partial charge on any atom is 0.333 e. The monoisotopic (exact) mass is 381 g/mol. The number of hydrogen-bond acceptors (Lipinski definition) is 5. The van der Waals surface area contributed by atoms with Gasteiger partial charge in [0, 0.05) is 42.8 Å². The highest BCUT2D eigenvalue weighted by atomic mass is 79.9. The number of hydrogen-bond donors (Lipinski definition) is 1. The van der Waals surface area contributed by atoms with Crippen LogP contribution in [0.5, 0.6) is 0 Å². The van der Waals surface area contributed by atoms with Crippen molar-refractivity contribution in [1.29, 1.82) is 0 Å². The normalized spacial score (nSPS) is 16.9. The van der Waals surface area contributed by atoms with Gasteiger partial charge in [0.2, 0.25) is 0 Å². The number of nitrogens with one attached hydrogen (secondary N) is 1. The van der Waals surface area contributed by atoms with Crippen LogP contribution < -0.4 is 10.0 Å². The molecule has 1 aromatic heterocycles. The molecule has 3 heterocycles. The molecule has 0 bridgehead atoms. The highest BCUT2D eigenvalue weighted by Crippen LogP contribution is 2.36. The van der Waals surface area contributed by atoms with Crippen LogP contribution in [-0.4, -0.2) is 41.6 Å². The number of aromatic nitrogens is 2. The molecule has 1 fully saturated rings. The van der Waals surface area contributed by atoms with E-state index in [0.717, 1.165) is 47.5 Å². The minimum Gasteiger partial charge on any atom is -0.710 e. The largest absolute Gasteiger partial charge is 0.710 e. The second-order valence-electron chi connectivity index (χ2n) is 5.00. The van der Waals surface area contributed by atoms with Gasteiger partial charge in [-0.25, -0.2) is 4.73 Å². The van der Waals surface area contributed by atoms with Gasteiger partial charge in [0.1, 0.15) is 12.4 Å². The van der Waals surface area contributed by atoms with E-state index in [2.05, 4.69) is 10.2 Å². The molecule has 0 amide bonds. The Labute approximate surface area is 143 Å². The van der Waals surface area contributed by atoms with Crippen LogP contribution in [0.4, 0.5) is 5.69 Å². The summed E-state index contributed by atoms with van der Waals surface area (Å²) in [5.41, 5.74) is 0.916. The summed E-state index contributed by atoms with van der Waals surface area (Å²) >= 11 is 1.46. The fraction of sp³-hybridized carbons (Fsp3) is 0.286. The molecule has 1 saturated heterocycles. The first kappa shape index (κ1) is 15.4. The molecular formula is C14H16BrN5OS. The molecular weight excluding hydrogens is 366 g/mol. The lowest BCUT2D eigenvalue weighted by Gasteiger charge is -2.27. The highest BCUT2D eigenvalue weighted by molar-refractivity contribution is 8.93. The third kappa shape index (κ3) is 2.62. The Bertz CT molecular complexity index is 711. The molecule has 8 heteroatoms. The Balaban J connectivity index is 0.00000144. The third-order valence-corrected chi connectivity index (χ3v) is 4.77. The number of nitrogens with zero attached hydrogens (tertiary/aromatic N) is 4. The average Bonchev–Trinajstić information content (AvgIpc) is 2.80. The molecule has 0 saturated carbocycles. The van der Waals surface area contributed by atoms with Crippen molar-refractivity contribution in [2.75, 3.05) is 26.2 Å². The first-order valence-corrected chi connectivity index (χ1v) is 7.77. The summed E-state index contributed by atoms with van der Waals surface area (Å²) < 4.78 is 2.80. The first-order valence-electron chi connectivity index (χ1n) is 6.95. The molecule has 0 spiro atoms. The maximum absolute atomic E-state index is 12.0. The van der Waals surface area contributed by atoms with Gasteiger partial charge in [-0.05, 0) is 12.1 Å². The summed E-state index contributed by atoms with van der Waals surface area (Å²) in [6.45, 7) is 3.65. The summed E-state index contributed by atoms with van der Waals surface area (Å²) in [6, 6.07) is 7.94. The van der Waals surface area contributed by atoms with Crippen molar-refractivity contribution in [2.24, 2.45) is 4.99 Å². The van der Waals surface area contributed by atoms with Crippen molar-refractivity contribution in [2.45, 2.75) is 10.1 Å². The Morgan fingerprint density at radius 3 is 2.82 bits per heavy atom. The number of piperazine rings is 1. The molecule has 1 N–H and O–H groups in total. The number of benzene rings is 1. The molecule has 6 nitrogen and oxygen atoms in total. The second kappa shape index (κ2) is 6.31. The zero-order chi connectivity index (χ0) is 14.2. The molecule has 116 valence electrons.